The van der Waals surface area contributed by atoms with Crippen LogP contribution in [-0.2, 0) is 0 Å². The smallest absolute Gasteiger partial charge is 0.130 e. The SMILES string of the molecule is COc1ccc(C(=N)N)c(O)c1. The molecule has 1 aromatic rings. The number of benzene rings is 1. The molecule has 0 aliphatic carbocycles. The van der Waals surface area contributed by atoms with E-state index in [-0.39, 0.29) is 11.6 Å². The molecule has 1 rings (SSSR count). The van der Waals surface area contributed by atoms with Crippen LogP contribution >= 0.6 is 0 Å². The van der Waals surface area contributed by atoms with E-state index < -0.39 is 0 Å². The van der Waals surface area contributed by atoms with E-state index in [9.17, 15) is 5.11 Å². The number of nitrogens with one attached hydrogen (secondary N) is 1. The maximum Gasteiger partial charge on any atom is 0.130 e. The lowest BCUT2D eigenvalue weighted by Gasteiger charge is -2.04. The lowest BCUT2D eigenvalue weighted by atomic mass is 10.2. The Balaban J connectivity index is 3.12. The van der Waals surface area contributed by atoms with Gasteiger partial charge in [-0.15, -0.1) is 0 Å². The third-order valence-electron chi connectivity index (χ3n) is 1.50. The fourth-order valence-electron chi connectivity index (χ4n) is 0.866. The number of hydrogen-bond acceptors (Lipinski definition) is 3. The second-order valence-corrected chi connectivity index (χ2v) is 2.30. The fourth-order valence-corrected chi connectivity index (χ4v) is 0.866. The first kappa shape index (κ1) is 8.39. The van der Waals surface area contributed by atoms with Crippen molar-refractivity contribution in [1.29, 1.82) is 5.41 Å². The van der Waals surface area contributed by atoms with Gasteiger partial charge in [-0.3, -0.25) is 5.41 Å². The van der Waals surface area contributed by atoms with E-state index in [2.05, 4.69) is 0 Å². The summed E-state index contributed by atoms with van der Waals surface area (Å²) < 4.78 is 4.86. The predicted molar refractivity (Wildman–Crippen MR) is 45.7 cm³/mol. The summed E-state index contributed by atoms with van der Waals surface area (Å²) in [4.78, 5) is 0. The molecule has 0 heterocycles. The molecule has 0 saturated heterocycles. The summed E-state index contributed by atoms with van der Waals surface area (Å²) in [5.74, 6) is 0.342. The normalized spacial score (nSPS) is 9.42. The van der Waals surface area contributed by atoms with Crippen molar-refractivity contribution in [1.82, 2.24) is 0 Å². The zero-order valence-electron chi connectivity index (χ0n) is 6.66. The molecule has 4 N–H and O–H groups in total. The Hall–Kier alpha value is -1.71. The molecule has 4 heteroatoms. The van der Waals surface area contributed by atoms with E-state index in [0.29, 0.717) is 11.3 Å². The maximum absolute atomic E-state index is 9.29. The van der Waals surface area contributed by atoms with Gasteiger partial charge in [-0.25, -0.2) is 0 Å². The minimum atomic E-state index is -0.157. The molecule has 0 atom stereocenters. The van der Waals surface area contributed by atoms with Gasteiger partial charge in [0.2, 0.25) is 0 Å². The van der Waals surface area contributed by atoms with Gasteiger partial charge < -0.3 is 15.6 Å². The molecule has 0 aliphatic rings. The molecule has 0 bridgehead atoms. The van der Waals surface area contributed by atoms with E-state index in [1.165, 1.54) is 19.2 Å². The molecule has 0 saturated carbocycles. The highest BCUT2D eigenvalue weighted by Crippen LogP contribution is 2.22. The monoisotopic (exact) mass is 166 g/mol. The number of phenolic OH excluding ortho intramolecular Hbond substituents is 1. The average molecular weight is 166 g/mol. The van der Waals surface area contributed by atoms with E-state index in [1.807, 2.05) is 0 Å². The predicted octanol–water partition coefficient (Wildman–Crippen LogP) is 0.685. The Bertz CT molecular complexity index is 310. The fraction of sp³-hybridized carbons (Fsp3) is 0.125. The highest BCUT2D eigenvalue weighted by Gasteiger charge is 2.04. The van der Waals surface area contributed by atoms with Crippen LogP contribution in [0.2, 0.25) is 0 Å². The largest absolute Gasteiger partial charge is 0.507 e. The van der Waals surface area contributed by atoms with Crippen LogP contribution in [0.15, 0.2) is 18.2 Å². The Morgan fingerprint density at radius 2 is 2.25 bits per heavy atom. The van der Waals surface area contributed by atoms with Crippen LogP contribution in [0.3, 0.4) is 0 Å². The number of nitrogens with two attached hydrogens (primary N) is 1. The van der Waals surface area contributed by atoms with Crippen molar-refractivity contribution < 1.29 is 9.84 Å². The first-order valence-corrected chi connectivity index (χ1v) is 3.36. The summed E-state index contributed by atoms with van der Waals surface area (Å²) in [7, 11) is 1.50. The van der Waals surface area contributed by atoms with Gasteiger partial charge >= 0.3 is 0 Å². The summed E-state index contributed by atoms with van der Waals surface area (Å²) in [5.41, 5.74) is 5.50. The quantitative estimate of drug-likeness (QED) is 0.446. The first-order valence-electron chi connectivity index (χ1n) is 3.36. The van der Waals surface area contributed by atoms with Crippen molar-refractivity contribution in [3.05, 3.63) is 23.8 Å². The van der Waals surface area contributed by atoms with E-state index in [1.54, 1.807) is 6.07 Å². The van der Waals surface area contributed by atoms with Crippen LogP contribution < -0.4 is 10.5 Å². The molecule has 0 aliphatic heterocycles. The summed E-state index contributed by atoms with van der Waals surface area (Å²) in [6.07, 6.45) is 0. The van der Waals surface area contributed by atoms with Gasteiger partial charge in [0.1, 0.15) is 17.3 Å². The van der Waals surface area contributed by atoms with Gasteiger partial charge in [-0.05, 0) is 12.1 Å². The van der Waals surface area contributed by atoms with Gasteiger partial charge in [0, 0.05) is 6.07 Å². The van der Waals surface area contributed by atoms with Crippen molar-refractivity contribution in [2.75, 3.05) is 7.11 Å². The van der Waals surface area contributed by atoms with Crippen LogP contribution in [0.4, 0.5) is 0 Å². The van der Waals surface area contributed by atoms with Crippen LogP contribution in [0, 0.1) is 5.41 Å². The third-order valence-corrected chi connectivity index (χ3v) is 1.50. The number of hydrogen-bond donors (Lipinski definition) is 3. The number of rotatable bonds is 2. The lowest BCUT2D eigenvalue weighted by molar-refractivity contribution is 0.407. The summed E-state index contributed by atoms with van der Waals surface area (Å²) >= 11 is 0. The van der Waals surface area contributed by atoms with Crippen molar-refractivity contribution >= 4 is 5.84 Å². The zero-order chi connectivity index (χ0) is 9.14. The molecule has 0 fully saturated rings. The number of methoxy groups -OCH3 is 1. The second-order valence-electron chi connectivity index (χ2n) is 2.30. The Morgan fingerprint density at radius 1 is 1.58 bits per heavy atom. The summed E-state index contributed by atoms with van der Waals surface area (Å²) in [5, 5.41) is 16.4. The molecular weight excluding hydrogens is 156 g/mol. The highest BCUT2D eigenvalue weighted by molar-refractivity contribution is 5.97. The lowest BCUT2D eigenvalue weighted by Crippen LogP contribution is -2.10. The molecule has 0 unspecified atom stereocenters. The standard InChI is InChI=1S/C8H10N2O2/c1-12-5-2-3-6(8(9)10)7(11)4-5/h2-4,11H,1H3,(H3,9,10). The minimum Gasteiger partial charge on any atom is -0.507 e. The molecule has 64 valence electrons. The van der Waals surface area contributed by atoms with E-state index >= 15 is 0 Å². The zero-order valence-corrected chi connectivity index (χ0v) is 6.66. The Morgan fingerprint density at radius 3 is 2.67 bits per heavy atom. The highest BCUT2D eigenvalue weighted by atomic mass is 16.5. The number of aromatic hydroxyl groups is 1. The Labute approximate surface area is 70.1 Å². The summed E-state index contributed by atoms with van der Waals surface area (Å²) in [6, 6.07) is 4.59. The van der Waals surface area contributed by atoms with E-state index in [0.717, 1.165) is 0 Å². The molecule has 12 heavy (non-hydrogen) atoms. The summed E-state index contributed by atoms with van der Waals surface area (Å²) in [6.45, 7) is 0. The minimum absolute atomic E-state index is 0.0400. The topological polar surface area (TPSA) is 79.3 Å². The van der Waals surface area contributed by atoms with Gasteiger partial charge in [0.15, 0.2) is 0 Å². The second kappa shape index (κ2) is 3.13. The maximum atomic E-state index is 9.29. The van der Waals surface area contributed by atoms with Gasteiger partial charge in [0.25, 0.3) is 0 Å². The number of phenols is 1. The molecule has 0 aromatic heterocycles. The molecule has 1 aromatic carbocycles. The van der Waals surface area contributed by atoms with Crippen molar-refractivity contribution in [3.8, 4) is 11.5 Å². The van der Waals surface area contributed by atoms with Crippen molar-refractivity contribution in [2.24, 2.45) is 5.73 Å². The molecule has 0 amide bonds. The van der Waals surface area contributed by atoms with Crippen LogP contribution in [0.5, 0.6) is 11.5 Å². The molecule has 4 nitrogen and oxygen atoms in total. The van der Waals surface area contributed by atoms with Gasteiger partial charge in [-0.1, -0.05) is 0 Å². The van der Waals surface area contributed by atoms with Crippen LogP contribution in [0.25, 0.3) is 0 Å². The average Bonchev–Trinajstić information content (AvgIpc) is 2.03. The first-order chi connectivity index (χ1) is 5.65. The van der Waals surface area contributed by atoms with Crippen molar-refractivity contribution in [2.45, 2.75) is 0 Å². The number of nitrogen functional groups attached to an aromatic ring is 1. The van der Waals surface area contributed by atoms with Crippen molar-refractivity contribution in [3.63, 3.8) is 0 Å². The molecular formula is C8H10N2O2. The van der Waals surface area contributed by atoms with Crippen LogP contribution in [-0.4, -0.2) is 18.1 Å². The van der Waals surface area contributed by atoms with E-state index in [4.69, 9.17) is 15.9 Å². The van der Waals surface area contributed by atoms with Gasteiger partial charge in [0.05, 0.1) is 12.7 Å². The Kier molecular flexibility index (Phi) is 2.19. The molecule has 0 spiro atoms. The number of ether oxygens (including phenoxy) is 1. The third kappa shape index (κ3) is 1.47. The van der Waals surface area contributed by atoms with Gasteiger partial charge in [-0.2, -0.15) is 0 Å². The number of amidine groups is 1. The van der Waals surface area contributed by atoms with Crippen LogP contribution in [0.1, 0.15) is 5.56 Å². The molecule has 0 radical (unpaired) electrons.